The minimum atomic E-state index is 0.700. The summed E-state index contributed by atoms with van der Waals surface area (Å²) in [5.41, 5.74) is 0. The van der Waals surface area contributed by atoms with Crippen molar-refractivity contribution in [3.05, 3.63) is 12.2 Å². The van der Waals surface area contributed by atoms with Crippen LogP contribution in [0.15, 0.2) is 12.2 Å². The molecule has 2 aliphatic carbocycles. The molecule has 0 radical (unpaired) electrons. The lowest BCUT2D eigenvalue weighted by atomic mass is 9.80. The third-order valence-electron chi connectivity index (χ3n) is 4.74. The van der Waals surface area contributed by atoms with Crippen LogP contribution in [0.25, 0.3) is 0 Å². The minimum absolute atomic E-state index is 0.700. The Bertz CT molecular complexity index is 312. The fraction of sp³-hybridized carbons (Fsp3) is 0.778. The zero-order valence-corrected chi connectivity index (χ0v) is 12.1. The number of hydrogen-bond donors (Lipinski definition) is 0. The lowest BCUT2D eigenvalue weighted by molar-refractivity contribution is 0.335. The lowest BCUT2D eigenvalue weighted by Crippen LogP contribution is -2.13. The van der Waals surface area contributed by atoms with E-state index in [1.54, 1.807) is 0 Å². The second-order valence-corrected chi connectivity index (χ2v) is 6.38. The van der Waals surface area contributed by atoms with E-state index in [-0.39, 0.29) is 0 Å². The van der Waals surface area contributed by atoms with E-state index in [1.807, 2.05) is 0 Å². The molecule has 0 heteroatoms. The van der Waals surface area contributed by atoms with Gasteiger partial charge in [-0.1, -0.05) is 30.9 Å². The average Bonchev–Trinajstić information content (AvgIpc) is 2.40. The van der Waals surface area contributed by atoms with Crippen molar-refractivity contribution < 1.29 is 0 Å². The molecule has 0 spiro atoms. The van der Waals surface area contributed by atoms with Gasteiger partial charge in [-0.2, -0.15) is 0 Å². The number of hydrogen-bond acceptors (Lipinski definition) is 0. The first-order valence-corrected chi connectivity index (χ1v) is 7.91. The first-order valence-electron chi connectivity index (χ1n) is 7.91. The average molecular weight is 244 g/mol. The van der Waals surface area contributed by atoms with Gasteiger partial charge in [-0.3, -0.25) is 0 Å². The van der Waals surface area contributed by atoms with Gasteiger partial charge in [-0.05, 0) is 70.1 Å². The van der Waals surface area contributed by atoms with Gasteiger partial charge in [-0.15, -0.1) is 0 Å². The van der Waals surface area contributed by atoms with Crippen LogP contribution in [0.2, 0.25) is 0 Å². The van der Waals surface area contributed by atoms with E-state index in [4.69, 9.17) is 0 Å². The van der Waals surface area contributed by atoms with Crippen LogP contribution in [-0.4, -0.2) is 0 Å². The summed E-state index contributed by atoms with van der Waals surface area (Å²) in [5.74, 6) is 10.4. The van der Waals surface area contributed by atoms with Crippen LogP contribution in [0, 0.1) is 35.5 Å². The van der Waals surface area contributed by atoms with Crippen molar-refractivity contribution in [2.24, 2.45) is 23.7 Å². The van der Waals surface area contributed by atoms with Crippen LogP contribution < -0.4 is 0 Å². The minimum Gasteiger partial charge on any atom is -0.0996 e. The van der Waals surface area contributed by atoms with E-state index < -0.39 is 0 Å². The molecule has 0 saturated heterocycles. The highest BCUT2D eigenvalue weighted by molar-refractivity contribution is 5.09. The largest absolute Gasteiger partial charge is 0.0996 e. The van der Waals surface area contributed by atoms with Crippen molar-refractivity contribution in [1.29, 1.82) is 0 Å². The quantitative estimate of drug-likeness (QED) is 0.439. The van der Waals surface area contributed by atoms with E-state index in [0.717, 1.165) is 17.8 Å². The molecule has 18 heavy (non-hydrogen) atoms. The Kier molecular flexibility index (Phi) is 5.36. The zero-order chi connectivity index (χ0) is 12.8. The molecule has 2 aliphatic rings. The van der Waals surface area contributed by atoms with Gasteiger partial charge in [0.1, 0.15) is 0 Å². The highest BCUT2D eigenvalue weighted by Crippen LogP contribution is 2.30. The monoisotopic (exact) mass is 244 g/mol. The molecule has 0 aromatic heterocycles. The molecule has 0 aromatic rings. The fourth-order valence-electron chi connectivity index (χ4n) is 3.37. The summed E-state index contributed by atoms with van der Waals surface area (Å²) in [5, 5.41) is 0. The molecular weight excluding hydrogens is 216 g/mol. The molecule has 2 rings (SSSR count). The van der Waals surface area contributed by atoms with Crippen molar-refractivity contribution in [3.8, 4) is 11.8 Å². The maximum Gasteiger partial charge on any atom is 0.0203 e. The van der Waals surface area contributed by atoms with E-state index >= 15 is 0 Å². The van der Waals surface area contributed by atoms with Gasteiger partial charge < -0.3 is 0 Å². The van der Waals surface area contributed by atoms with Crippen molar-refractivity contribution in [2.75, 3.05) is 0 Å². The molecule has 0 bridgehead atoms. The van der Waals surface area contributed by atoms with Gasteiger partial charge in [-0.25, -0.2) is 0 Å². The number of allylic oxidation sites excluding steroid dienone is 2. The Labute approximate surface area is 113 Å². The van der Waals surface area contributed by atoms with Gasteiger partial charge in [0.2, 0.25) is 0 Å². The molecule has 0 nitrogen and oxygen atoms in total. The van der Waals surface area contributed by atoms with Gasteiger partial charge in [0, 0.05) is 11.8 Å². The van der Waals surface area contributed by atoms with Crippen LogP contribution >= 0.6 is 0 Å². The van der Waals surface area contributed by atoms with Gasteiger partial charge >= 0.3 is 0 Å². The second-order valence-electron chi connectivity index (χ2n) is 6.38. The normalized spacial score (nSPS) is 37.2. The van der Waals surface area contributed by atoms with Crippen LogP contribution in [0.3, 0.4) is 0 Å². The first kappa shape index (κ1) is 13.7. The number of rotatable bonds is 1. The molecule has 0 aromatic carbocycles. The molecule has 0 heterocycles. The van der Waals surface area contributed by atoms with Crippen molar-refractivity contribution in [2.45, 2.75) is 65.2 Å². The molecule has 2 saturated carbocycles. The van der Waals surface area contributed by atoms with Crippen LogP contribution in [0.4, 0.5) is 0 Å². The van der Waals surface area contributed by atoms with E-state index in [9.17, 15) is 0 Å². The van der Waals surface area contributed by atoms with Crippen LogP contribution in [0.5, 0.6) is 0 Å². The van der Waals surface area contributed by atoms with E-state index in [2.05, 4.69) is 37.8 Å². The molecule has 0 unspecified atom stereocenters. The highest BCUT2D eigenvalue weighted by Gasteiger charge is 2.19. The second kappa shape index (κ2) is 7.03. The molecule has 0 aliphatic heterocycles. The Morgan fingerprint density at radius 1 is 0.778 bits per heavy atom. The van der Waals surface area contributed by atoms with Gasteiger partial charge in [0.05, 0.1) is 0 Å². The predicted octanol–water partition coefficient (Wildman–Crippen LogP) is 5.20. The highest BCUT2D eigenvalue weighted by atomic mass is 14.2. The summed E-state index contributed by atoms with van der Waals surface area (Å²) in [4.78, 5) is 0. The van der Waals surface area contributed by atoms with Crippen molar-refractivity contribution in [3.63, 3.8) is 0 Å². The Balaban J connectivity index is 1.74. The van der Waals surface area contributed by atoms with Gasteiger partial charge in [0.25, 0.3) is 0 Å². The Hall–Kier alpha value is -0.700. The molecule has 0 N–H and O–H groups in total. The molecule has 2 fully saturated rings. The van der Waals surface area contributed by atoms with E-state index in [1.165, 1.54) is 51.4 Å². The Morgan fingerprint density at radius 2 is 1.28 bits per heavy atom. The summed E-state index contributed by atoms with van der Waals surface area (Å²) in [6, 6.07) is 0. The van der Waals surface area contributed by atoms with Crippen molar-refractivity contribution in [1.82, 2.24) is 0 Å². The van der Waals surface area contributed by atoms with Crippen LogP contribution in [-0.2, 0) is 0 Å². The van der Waals surface area contributed by atoms with E-state index in [0.29, 0.717) is 5.92 Å². The smallest absolute Gasteiger partial charge is 0.0203 e. The molecule has 100 valence electrons. The summed E-state index contributed by atoms with van der Waals surface area (Å²) in [6.45, 7) is 4.52. The SMILES string of the molecule is C/C=C/C1CCC(C#CC2CCC(C)CC2)CC1. The fourth-order valence-corrected chi connectivity index (χ4v) is 3.37. The van der Waals surface area contributed by atoms with Crippen LogP contribution in [0.1, 0.15) is 65.2 Å². The predicted molar refractivity (Wildman–Crippen MR) is 79.2 cm³/mol. The maximum absolute atomic E-state index is 3.59. The molecule has 0 atom stereocenters. The third kappa shape index (κ3) is 4.20. The van der Waals surface area contributed by atoms with Crippen molar-refractivity contribution >= 4 is 0 Å². The lowest BCUT2D eigenvalue weighted by Gasteiger charge is -2.24. The summed E-state index contributed by atoms with van der Waals surface area (Å²) >= 11 is 0. The molecule has 0 amide bonds. The summed E-state index contributed by atoms with van der Waals surface area (Å²) < 4.78 is 0. The topological polar surface area (TPSA) is 0 Å². The molecular formula is C18H28. The maximum atomic E-state index is 3.59. The zero-order valence-electron chi connectivity index (χ0n) is 12.1. The summed E-state index contributed by atoms with van der Waals surface area (Å²) in [7, 11) is 0. The standard InChI is InChI=1S/C18H28/c1-3-4-16-9-11-18(12-10-16)14-13-17-7-5-15(2)6-8-17/h3-4,15-18H,5-12H2,1-2H3/b4-3+. The van der Waals surface area contributed by atoms with Gasteiger partial charge in [0.15, 0.2) is 0 Å². The first-order chi connectivity index (χ1) is 8.78. The Morgan fingerprint density at radius 3 is 1.78 bits per heavy atom. The third-order valence-corrected chi connectivity index (χ3v) is 4.74. The summed E-state index contributed by atoms with van der Waals surface area (Å²) in [6.07, 6.45) is 15.4.